The number of amides is 2. The van der Waals surface area contributed by atoms with Crippen molar-refractivity contribution in [3.8, 4) is 12.1 Å². The molecule has 0 aliphatic rings. The highest BCUT2D eigenvalue weighted by Gasteiger charge is 2.03. The average molecular weight is 283 g/mol. The number of carbonyl (C=O) groups excluding carboxylic acids is 2. The first-order valence-corrected chi connectivity index (χ1v) is 6.04. The number of anilines is 1. The van der Waals surface area contributed by atoms with Crippen LogP contribution in [0.5, 0.6) is 0 Å². The summed E-state index contributed by atoms with van der Waals surface area (Å²) >= 11 is 0. The van der Waals surface area contributed by atoms with Gasteiger partial charge >= 0.3 is 0 Å². The Morgan fingerprint density at radius 1 is 1.10 bits per heavy atom. The van der Waals surface area contributed by atoms with E-state index in [-0.39, 0.29) is 18.7 Å². The lowest BCUT2D eigenvalue weighted by Crippen LogP contribution is -2.18. The van der Waals surface area contributed by atoms with Crippen molar-refractivity contribution in [1.29, 1.82) is 10.5 Å². The van der Waals surface area contributed by atoms with Crippen molar-refractivity contribution < 1.29 is 9.59 Å². The Hall–Kier alpha value is -3.19. The van der Waals surface area contributed by atoms with Crippen LogP contribution in [-0.2, 0) is 9.59 Å². The topological polar surface area (TPSA) is 118 Å². The Labute approximate surface area is 121 Å². The van der Waals surface area contributed by atoms with Crippen LogP contribution >= 0.6 is 0 Å². The second kappa shape index (κ2) is 8.08. The summed E-state index contributed by atoms with van der Waals surface area (Å²) in [4.78, 5) is 22.3. The van der Waals surface area contributed by atoms with Crippen molar-refractivity contribution in [2.24, 2.45) is 5.10 Å². The third kappa shape index (κ3) is 5.53. The molecule has 0 saturated heterocycles. The van der Waals surface area contributed by atoms with Gasteiger partial charge in [-0.15, -0.1) is 0 Å². The summed E-state index contributed by atoms with van der Waals surface area (Å²) in [5.74, 6) is -0.850. The predicted octanol–water partition coefficient (Wildman–Crippen LogP) is 1.29. The van der Waals surface area contributed by atoms with Crippen molar-refractivity contribution in [3.63, 3.8) is 0 Å². The van der Waals surface area contributed by atoms with Crippen LogP contribution in [0.4, 0.5) is 5.69 Å². The van der Waals surface area contributed by atoms with E-state index in [2.05, 4.69) is 15.8 Å². The van der Waals surface area contributed by atoms with Crippen LogP contribution in [0.3, 0.4) is 0 Å². The molecule has 0 heterocycles. The van der Waals surface area contributed by atoms with E-state index in [1.54, 1.807) is 43.3 Å². The highest BCUT2D eigenvalue weighted by atomic mass is 16.2. The molecule has 7 nitrogen and oxygen atoms in total. The summed E-state index contributed by atoms with van der Waals surface area (Å²) in [7, 11) is 0. The minimum Gasteiger partial charge on any atom is -0.325 e. The van der Waals surface area contributed by atoms with Gasteiger partial charge in [0, 0.05) is 5.69 Å². The summed E-state index contributed by atoms with van der Waals surface area (Å²) in [6.07, 6.45) is -0.451. The molecule has 0 aliphatic carbocycles. The molecule has 0 saturated carbocycles. The van der Waals surface area contributed by atoms with Crippen LogP contribution in [0.1, 0.15) is 25.3 Å². The Bertz CT molecular complexity index is 635. The largest absolute Gasteiger partial charge is 0.325 e. The number of carbonyl (C=O) groups is 2. The molecular formula is C14H13N5O2. The molecule has 0 spiro atoms. The Morgan fingerprint density at radius 3 is 2.24 bits per heavy atom. The van der Waals surface area contributed by atoms with Gasteiger partial charge in [0.2, 0.25) is 5.91 Å². The zero-order chi connectivity index (χ0) is 15.7. The van der Waals surface area contributed by atoms with Crippen LogP contribution in [0.2, 0.25) is 0 Å². The summed E-state index contributed by atoms with van der Waals surface area (Å²) in [5, 5.41) is 23.2. The van der Waals surface area contributed by atoms with E-state index in [4.69, 9.17) is 10.5 Å². The number of hydrogen-bond donors (Lipinski definition) is 2. The van der Waals surface area contributed by atoms with Crippen molar-refractivity contribution in [2.45, 2.75) is 19.8 Å². The summed E-state index contributed by atoms with van der Waals surface area (Å²) in [6, 6.07) is 10.3. The SMILES string of the molecule is C/C(=N\NC(=O)CC#N)c1ccc(NC(=O)CC#N)cc1. The van der Waals surface area contributed by atoms with Crippen molar-refractivity contribution in [1.82, 2.24) is 5.43 Å². The Morgan fingerprint density at radius 2 is 1.67 bits per heavy atom. The molecule has 1 aromatic carbocycles. The van der Waals surface area contributed by atoms with E-state index < -0.39 is 5.91 Å². The second-order valence-corrected chi connectivity index (χ2v) is 4.03. The highest BCUT2D eigenvalue weighted by Crippen LogP contribution is 2.10. The lowest BCUT2D eigenvalue weighted by atomic mass is 10.1. The number of rotatable bonds is 5. The summed E-state index contributed by atoms with van der Waals surface area (Å²) < 4.78 is 0. The number of nitrogens with one attached hydrogen (secondary N) is 2. The Balaban J connectivity index is 2.67. The fraction of sp³-hybridized carbons (Fsp3) is 0.214. The second-order valence-electron chi connectivity index (χ2n) is 4.03. The lowest BCUT2D eigenvalue weighted by molar-refractivity contribution is -0.120. The van der Waals surface area contributed by atoms with Gasteiger partial charge in [0.05, 0.1) is 17.9 Å². The number of benzene rings is 1. The molecule has 0 fully saturated rings. The normalized spacial score (nSPS) is 10.1. The molecule has 0 radical (unpaired) electrons. The number of nitriles is 2. The lowest BCUT2D eigenvalue weighted by Gasteiger charge is -2.05. The molecule has 106 valence electrons. The van der Waals surface area contributed by atoms with Gasteiger partial charge in [-0.2, -0.15) is 15.6 Å². The molecule has 0 aromatic heterocycles. The van der Waals surface area contributed by atoms with Gasteiger partial charge in [-0.05, 0) is 24.6 Å². The standard InChI is InChI=1S/C14H13N5O2/c1-10(18-19-14(21)7-9-16)11-2-4-12(5-3-11)17-13(20)6-8-15/h2-5H,6-7H2,1H3,(H,17,20)(H,19,21)/b18-10+. The molecule has 2 amide bonds. The third-order valence-corrected chi connectivity index (χ3v) is 2.41. The van der Waals surface area contributed by atoms with Gasteiger partial charge in [-0.3, -0.25) is 9.59 Å². The zero-order valence-electron chi connectivity index (χ0n) is 11.4. The van der Waals surface area contributed by atoms with Crippen LogP contribution in [0.15, 0.2) is 29.4 Å². The maximum absolute atomic E-state index is 11.2. The molecule has 1 rings (SSSR count). The molecule has 21 heavy (non-hydrogen) atoms. The third-order valence-electron chi connectivity index (χ3n) is 2.41. The fourth-order valence-electron chi connectivity index (χ4n) is 1.39. The van der Waals surface area contributed by atoms with Gasteiger partial charge < -0.3 is 5.32 Å². The van der Waals surface area contributed by atoms with Crippen LogP contribution < -0.4 is 10.7 Å². The van der Waals surface area contributed by atoms with E-state index in [0.29, 0.717) is 11.4 Å². The van der Waals surface area contributed by atoms with E-state index in [9.17, 15) is 9.59 Å². The molecule has 1 aromatic rings. The van der Waals surface area contributed by atoms with E-state index >= 15 is 0 Å². The first-order valence-electron chi connectivity index (χ1n) is 6.04. The molecule has 0 bridgehead atoms. The first-order chi connectivity index (χ1) is 10.1. The van der Waals surface area contributed by atoms with Crippen LogP contribution in [0, 0.1) is 22.7 Å². The van der Waals surface area contributed by atoms with Crippen molar-refractivity contribution in [3.05, 3.63) is 29.8 Å². The molecular weight excluding hydrogens is 270 g/mol. The number of nitrogens with zero attached hydrogens (tertiary/aromatic N) is 3. The summed E-state index contributed by atoms with van der Waals surface area (Å²) in [5.41, 5.74) is 4.16. The molecule has 0 aliphatic heterocycles. The highest BCUT2D eigenvalue weighted by molar-refractivity contribution is 6.00. The maximum atomic E-state index is 11.2. The van der Waals surface area contributed by atoms with E-state index in [0.717, 1.165) is 5.56 Å². The van der Waals surface area contributed by atoms with E-state index in [1.807, 2.05) is 0 Å². The Kier molecular flexibility index (Phi) is 6.10. The van der Waals surface area contributed by atoms with E-state index in [1.165, 1.54) is 0 Å². The van der Waals surface area contributed by atoms with Crippen molar-refractivity contribution >= 4 is 23.2 Å². The smallest absolute Gasteiger partial charge is 0.254 e. The van der Waals surface area contributed by atoms with Crippen LogP contribution in [0.25, 0.3) is 0 Å². The minimum absolute atomic E-state index is 0.201. The van der Waals surface area contributed by atoms with Gasteiger partial charge in [0.1, 0.15) is 12.8 Å². The van der Waals surface area contributed by atoms with Gasteiger partial charge in [-0.1, -0.05) is 12.1 Å². The number of hydrazone groups is 1. The minimum atomic E-state index is -0.475. The molecule has 7 heteroatoms. The van der Waals surface area contributed by atoms with Crippen molar-refractivity contribution in [2.75, 3.05) is 5.32 Å². The van der Waals surface area contributed by atoms with Gasteiger partial charge in [0.25, 0.3) is 5.91 Å². The molecule has 2 N–H and O–H groups in total. The fourth-order valence-corrected chi connectivity index (χ4v) is 1.39. The number of hydrogen-bond acceptors (Lipinski definition) is 5. The van der Waals surface area contributed by atoms with Gasteiger partial charge in [0.15, 0.2) is 0 Å². The predicted molar refractivity (Wildman–Crippen MR) is 75.9 cm³/mol. The van der Waals surface area contributed by atoms with Crippen LogP contribution in [-0.4, -0.2) is 17.5 Å². The quantitative estimate of drug-likeness (QED) is 0.625. The summed E-state index contributed by atoms with van der Waals surface area (Å²) in [6.45, 7) is 1.70. The molecule has 0 atom stereocenters. The zero-order valence-corrected chi connectivity index (χ0v) is 11.4. The first kappa shape index (κ1) is 15.9. The maximum Gasteiger partial charge on any atom is 0.254 e. The monoisotopic (exact) mass is 283 g/mol. The molecule has 0 unspecified atom stereocenters. The average Bonchev–Trinajstić information content (AvgIpc) is 2.46. The van der Waals surface area contributed by atoms with Gasteiger partial charge in [-0.25, -0.2) is 5.43 Å².